The molecule has 1 aromatic carbocycles. The highest BCUT2D eigenvalue weighted by Crippen LogP contribution is 2.29. The summed E-state index contributed by atoms with van der Waals surface area (Å²) in [7, 11) is -2.73. The van der Waals surface area contributed by atoms with E-state index in [1.54, 1.807) is 0 Å². The molecule has 0 fully saturated rings. The van der Waals surface area contributed by atoms with Crippen molar-refractivity contribution in [2.75, 3.05) is 17.6 Å². The summed E-state index contributed by atoms with van der Waals surface area (Å²) in [6.45, 7) is 1.85. The fourth-order valence-corrected chi connectivity index (χ4v) is 2.92. The summed E-state index contributed by atoms with van der Waals surface area (Å²) in [4.78, 5) is -0.296. The maximum absolute atomic E-state index is 13.7. The molecule has 0 saturated heterocycles. The van der Waals surface area contributed by atoms with E-state index < -0.39 is 15.8 Å². The van der Waals surface area contributed by atoms with Crippen LogP contribution in [0.25, 0.3) is 0 Å². The molecule has 0 amide bonds. The molecule has 0 aliphatic carbocycles. The van der Waals surface area contributed by atoms with Crippen molar-refractivity contribution in [2.24, 2.45) is 0 Å². The van der Waals surface area contributed by atoms with E-state index in [0.29, 0.717) is 12.0 Å². The second-order valence-corrected chi connectivity index (χ2v) is 5.94. The Hall–Kier alpha value is -2.29. The van der Waals surface area contributed by atoms with Crippen LogP contribution in [0.15, 0.2) is 23.2 Å². The highest BCUT2D eigenvalue weighted by molar-refractivity contribution is 7.92. The van der Waals surface area contributed by atoms with Crippen LogP contribution in [0.4, 0.5) is 15.9 Å². The minimum absolute atomic E-state index is 0.0989. The molecule has 0 spiro atoms. The number of sulfonamides is 1. The maximum Gasteiger partial charge on any atom is 0.263 e. The molecule has 0 aliphatic rings. The van der Waals surface area contributed by atoms with Gasteiger partial charge in [0.05, 0.1) is 23.9 Å². The molecular formula is C12H15FN4O3S. The minimum Gasteiger partial charge on any atom is -0.492 e. The summed E-state index contributed by atoms with van der Waals surface area (Å²) in [5.74, 6) is -0.796. The first-order valence-electron chi connectivity index (χ1n) is 6.07. The van der Waals surface area contributed by atoms with Gasteiger partial charge in [-0.15, -0.1) is 0 Å². The number of halogens is 1. The Morgan fingerprint density at radius 1 is 1.48 bits per heavy atom. The van der Waals surface area contributed by atoms with E-state index in [-0.39, 0.29) is 22.2 Å². The lowest BCUT2D eigenvalue weighted by Gasteiger charge is -2.11. The summed E-state index contributed by atoms with van der Waals surface area (Å²) < 4.78 is 45.3. The van der Waals surface area contributed by atoms with Gasteiger partial charge in [0.15, 0.2) is 11.6 Å². The number of nitrogen functional groups attached to an aromatic ring is 1. The van der Waals surface area contributed by atoms with Gasteiger partial charge in [-0.25, -0.2) is 12.8 Å². The van der Waals surface area contributed by atoms with Crippen LogP contribution in [-0.4, -0.2) is 25.7 Å². The van der Waals surface area contributed by atoms with Gasteiger partial charge in [-0.05, 0) is 18.6 Å². The molecule has 2 rings (SSSR count). The zero-order valence-electron chi connectivity index (χ0n) is 11.5. The van der Waals surface area contributed by atoms with Crippen LogP contribution in [0, 0.1) is 5.82 Å². The van der Waals surface area contributed by atoms with Crippen molar-refractivity contribution in [2.45, 2.75) is 18.2 Å². The van der Waals surface area contributed by atoms with Crippen molar-refractivity contribution in [1.82, 2.24) is 10.2 Å². The van der Waals surface area contributed by atoms with Crippen LogP contribution in [0.2, 0.25) is 0 Å². The lowest BCUT2D eigenvalue weighted by molar-refractivity contribution is 0.388. The Balaban J connectivity index is 2.41. The summed E-state index contributed by atoms with van der Waals surface area (Å²) in [6.07, 6.45) is 2.11. The second-order valence-electron chi connectivity index (χ2n) is 4.26. The van der Waals surface area contributed by atoms with Gasteiger partial charge < -0.3 is 10.5 Å². The molecule has 2 aromatic rings. The number of nitrogens with two attached hydrogens (primary N) is 1. The number of rotatable bonds is 5. The topological polar surface area (TPSA) is 110 Å². The maximum atomic E-state index is 13.7. The van der Waals surface area contributed by atoms with Gasteiger partial charge in [0.1, 0.15) is 5.82 Å². The van der Waals surface area contributed by atoms with Crippen LogP contribution in [0.3, 0.4) is 0 Å². The smallest absolute Gasteiger partial charge is 0.263 e. The molecule has 21 heavy (non-hydrogen) atoms. The lowest BCUT2D eigenvalue weighted by atomic mass is 10.3. The summed E-state index contributed by atoms with van der Waals surface area (Å²) in [5, 5.41) is 6.31. The zero-order chi connectivity index (χ0) is 15.6. The number of aryl methyl sites for hydroxylation is 1. The molecule has 9 heteroatoms. The number of nitrogens with one attached hydrogen (secondary N) is 2. The largest absolute Gasteiger partial charge is 0.492 e. The number of aromatic nitrogens is 2. The van der Waals surface area contributed by atoms with E-state index in [9.17, 15) is 12.8 Å². The van der Waals surface area contributed by atoms with Crippen LogP contribution >= 0.6 is 0 Å². The molecule has 0 bridgehead atoms. The molecule has 7 nitrogen and oxygen atoms in total. The Morgan fingerprint density at radius 2 is 2.19 bits per heavy atom. The first-order valence-corrected chi connectivity index (χ1v) is 7.55. The number of ether oxygens (including phenoxy) is 1. The van der Waals surface area contributed by atoms with E-state index in [4.69, 9.17) is 10.5 Å². The van der Waals surface area contributed by atoms with E-state index >= 15 is 0 Å². The highest BCUT2D eigenvalue weighted by atomic mass is 32.2. The van der Waals surface area contributed by atoms with Gasteiger partial charge >= 0.3 is 0 Å². The van der Waals surface area contributed by atoms with Crippen molar-refractivity contribution >= 4 is 21.5 Å². The third kappa shape index (κ3) is 2.92. The van der Waals surface area contributed by atoms with E-state index in [1.165, 1.54) is 13.3 Å². The standard InChI is InChI=1S/C12H15FN4O3S/c1-3-7-6-15-16-12(7)17-21(18,19)8-4-9(13)11(20-2)10(14)5-8/h4-6H,3,14H2,1-2H3,(H2,15,16,17). The number of benzene rings is 1. The zero-order valence-corrected chi connectivity index (χ0v) is 12.3. The number of anilines is 2. The molecule has 1 heterocycles. The molecule has 0 atom stereocenters. The molecule has 0 aliphatic heterocycles. The number of hydrogen-bond donors (Lipinski definition) is 3. The van der Waals surface area contributed by atoms with Crippen molar-refractivity contribution < 1.29 is 17.5 Å². The molecule has 4 N–H and O–H groups in total. The Labute approximate surface area is 121 Å². The van der Waals surface area contributed by atoms with Crippen molar-refractivity contribution in [3.05, 3.63) is 29.7 Å². The third-order valence-corrected chi connectivity index (χ3v) is 4.22. The average molecular weight is 314 g/mol. The number of aromatic amines is 1. The van der Waals surface area contributed by atoms with Crippen molar-refractivity contribution in [3.63, 3.8) is 0 Å². The Morgan fingerprint density at radius 3 is 2.76 bits per heavy atom. The van der Waals surface area contributed by atoms with E-state index in [1.807, 2.05) is 6.92 Å². The molecule has 0 saturated carbocycles. The first kappa shape index (κ1) is 15.1. The fourth-order valence-electron chi connectivity index (χ4n) is 1.82. The SMILES string of the molecule is CCc1cn[nH]c1NS(=O)(=O)c1cc(N)c(OC)c(F)c1. The van der Waals surface area contributed by atoms with E-state index in [0.717, 1.165) is 12.1 Å². The van der Waals surface area contributed by atoms with Crippen LogP contribution in [0.5, 0.6) is 5.75 Å². The molecule has 0 unspecified atom stereocenters. The van der Waals surface area contributed by atoms with E-state index in [2.05, 4.69) is 14.9 Å². The van der Waals surface area contributed by atoms with Crippen LogP contribution < -0.4 is 15.2 Å². The average Bonchev–Trinajstić information content (AvgIpc) is 2.84. The number of methoxy groups -OCH3 is 1. The number of nitrogens with zero attached hydrogens (tertiary/aromatic N) is 1. The predicted molar refractivity (Wildman–Crippen MR) is 76.1 cm³/mol. The van der Waals surface area contributed by atoms with Gasteiger partial charge in [0, 0.05) is 5.56 Å². The van der Waals surface area contributed by atoms with Gasteiger partial charge in [-0.2, -0.15) is 5.10 Å². The van der Waals surface area contributed by atoms with Gasteiger partial charge in [-0.1, -0.05) is 6.92 Å². The van der Waals surface area contributed by atoms with Crippen molar-refractivity contribution in [3.8, 4) is 5.75 Å². The molecule has 114 valence electrons. The van der Waals surface area contributed by atoms with Gasteiger partial charge in [0.25, 0.3) is 10.0 Å². The van der Waals surface area contributed by atoms with Gasteiger partial charge in [0.2, 0.25) is 0 Å². The molecule has 0 radical (unpaired) electrons. The highest BCUT2D eigenvalue weighted by Gasteiger charge is 2.21. The molecular weight excluding hydrogens is 299 g/mol. The quantitative estimate of drug-likeness (QED) is 0.724. The van der Waals surface area contributed by atoms with Gasteiger partial charge in [-0.3, -0.25) is 9.82 Å². The Kier molecular flexibility index (Phi) is 4.03. The number of H-pyrrole nitrogens is 1. The summed E-state index contributed by atoms with van der Waals surface area (Å²) >= 11 is 0. The Bertz CT molecular complexity index is 735. The third-order valence-electron chi connectivity index (χ3n) is 2.90. The lowest BCUT2D eigenvalue weighted by Crippen LogP contribution is -2.15. The summed E-state index contributed by atoms with van der Waals surface area (Å²) in [6, 6.07) is 1.98. The minimum atomic E-state index is -3.98. The van der Waals surface area contributed by atoms with Crippen LogP contribution in [-0.2, 0) is 16.4 Å². The van der Waals surface area contributed by atoms with Crippen LogP contribution in [0.1, 0.15) is 12.5 Å². The molecule has 1 aromatic heterocycles. The van der Waals surface area contributed by atoms with Crippen molar-refractivity contribution in [1.29, 1.82) is 0 Å². The normalized spacial score (nSPS) is 11.4. The monoisotopic (exact) mass is 314 g/mol. The second kappa shape index (κ2) is 5.60. The fraction of sp³-hybridized carbons (Fsp3) is 0.250. The number of hydrogen-bond acceptors (Lipinski definition) is 5. The summed E-state index contributed by atoms with van der Waals surface area (Å²) in [5.41, 5.74) is 6.18. The predicted octanol–water partition coefficient (Wildman–Crippen LogP) is 1.50. The first-order chi connectivity index (χ1) is 9.89.